The SMILES string of the molecule is CNCC(=O)N[C@@H](CC#CC#CC[C@H](NC(=O)CNC)C(=O)N1CCC[C@H]1CNC(=O)c1ccccn1)C(=O)N1CCC[C@H]1CNC(=O)c1ccccn1. The Hall–Kier alpha value is -5.84. The first kappa shape index (κ1) is 40.9. The third kappa shape index (κ3) is 12.4. The smallest absolute Gasteiger partial charge is 0.269 e. The van der Waals surface area contributed by atoms with Crippen LogP contribution in [-0.4, -0.2) is 133 Å². The molecule has 0 bridgehead atoms. The van der Waals surface area contributed by atoms with E-state index in [-0.39, 0.29) is 97.9 Å². The molecule has 2 aliphatic rings. The Balaban J connectivity index is 1.38. The fraction of sp³-hybridized carbons (Fsp3) is 0.474. The van der Waals surface area contributed by atoms with E-state index in [1.54, 1.807) is 60.3 Å². The summed E-state index contributed by atoms with van der Waals surface area (Å²) in [6.07, 6.45) is 5.88. The van der Waals surface area contributed by atoms with E-state index < -0.39 is 12.1 Å². The van der Waals surface area contributed by atoms with Gasteiger partial charge in [-0.05, 0) is 75.9 Å². The largest absolute Gasteiger partial charge is 0.349 e. The maximum Gasteiger partial charge on any atom is 0.269 e. The highest BCUT2D eigenvalue weighted by Gasteiger charge is 2.35. The molecule has 4 rings (SSSR count). The Morgan fingerprint density at radius 1 is 0.685 bits per heavy atom. The molecular formula is C38H48N10O6. The van der Waals surface area contributed by atoms with Gasteiger partial charge in [-0.2, -0.15) is 0 Å². The first-order valence-electron chi connectivity index (χ1n) is 18.0. The lowest BCUT2D eigenvalue weighted by Gasteiger charge is -2.29. The van der Waals surface area contributed by atoms with Crippen molar-refractivity contribution in [3.8, 4) is 23.7 Å². The number of rotatable bonds is 16. The number of carbonyl (C=O) groups excluding carboxylic acids is 6. The predicted molar refractivity (Wildman–Crippen MR) is 199 cm³/mol. The molecule has 0 saturated carbocycles. The van der Waals surface area contributed by atoms with Gasteiger partial charge in [-0.25, -0.2) is 0 Å². The lowest BCUT2D eigenvalue weighted by atomic mass is 10.1. The third-order valence-corrected chi connectivity index (χ3v) is 8.90. The molecule has 0 radical (unpaired) electrons. The van der Waals surface area contributed by atoms with E-state index in [1.165, 1.54) is 12.4 Å². The number of hydrogen-bond acceptors (Lipinski definition) is 10. The van der Waals surface area contributed by atoms with Gasteiger partial charge in [-0.3, -0.25) is 38.7 Å². The average Bonchev–Trinajstić information content (AvgIpc) is 3.86. The highest BCUT2D eigenvalue weighted by molar-refractivity contribution is 5.93. The van der Waals surface area contributed by atoms with Crippen LogP contribution in [0.5, 0.6) is 0 Å². The summed E-state index contributed by atoms with van der Waals surface area (Å²) in [4.78, 5) is 89.0. The standard InChI is InChI=1S/C38H48N10O6/c1-39-25-33(49)45-31(37(53)47-21-11-13-27(47)23-43-35(51)29-15-7-9-19-41-29)17-5-3-4-6-18-32(46-34(50)26-40-2)38(54)48-22-12-14-28(48)24-44-36(52)30-16-8-10-20-42-30/h7-10,15-16,19-20,27-28,31-32,39-40H,11-14,17-18,21-26H2,1-2H3,(H,43,51)(H,44,52)(H,45,49)(H,46,50)/t27-,28-,31-,32-/m0/s1. The van der Waals surface area contributed by atoms with E-state index in [9.17, 15) is 28.8 Å². The minimum absolute atomic E-state index is 0.00371. The molecule has 286 valence electrons. The molecule has 0 spiro atoms. The van der Waals surface area contributed by atoms with Gasteiger partial charge in [0, 0.05) is 63.5 Å². The summed E-state index contributed by atoms with van der Waals surface area (Å²) >= 11 is 0. The van der Waals surface area contributed by atoms with Gasteiger partial charge in [0.15, 0.2) is 0 Å². The van der Waals surface area contributed by atoms with Crippen molar-refractivity contribution in [2.75, 3.05) is 53.4 Å². The van der Waals surface area contributed by atoms with Crippen LogP contribution in [0.1, 0.15) is 59.5 Å². The Kier molecular flexibility index (Phi) is 16.4. The van der Waals surface area contributed by atoms with Crippen LogP contribution in [-0.2, 0) is 19.2 Å². The summed E-state index contributed by atoms with van der Waals surface area (Å²) in [7, 11) is 3.24. The third-order valence-electron chi connectivity index (χ3n) is 8.90. The van der Waals surface area contributed by atoms with E-state index in [4.69, 9.17) is 0 Å². The van der Waals surface area contributed by atoms with Crippen molar-refractivity contribution in [2.24, 2.45) is 0 Å². The molecule has 2 fully saturated rings. The summed E-state index contributed by atoms with van der Waals surface area (Å²) in [5.74, 6) is 9.12. The molecule has 4 atom stereocenters. The van der Waals surface area contributed by atoms with Crippen LogP contribution in [0.25, 0.3) is 0 Å². The van der Waals surface area contributed by atoms with E-state index >= 15 is 0 Å². The zero-order chi connectivity index (χ0) is 38.7. The van der Waals surface area contributed by atoms with Crippen molar-refractivity contribution in [2.45, 2.75) is 62.7 Å². The second kappa shape index (κ2) is 21.6. The Bertz CT molecular complexity index is 1610. The van der Waals surface area contributed by atoms with Crippen LogP contribution in [0.3, 0.4) is 0 Å². The van der Waals surface area contributed by atoms with Crippen molar-refractivity contribution in [3.05, 3.63) is 60.2 Å². The lowest BCUT2D eigenvalue weighted by Crippen LogP contribution is -2.53. The molecule has 0 aromatic carbocycles. The molecule has 2 aliphatic heterocycles. The molecule has 6 amide bonds. The van der Waals surface area contributed by atoms with Crippen molar-refractivity contribution >= 4 is 35.4 Å². The van der Waals surface area contributed by atoms with E-state index in [0.29, 0.717) is 25.9 Å². The Morgan fingerprint density at radius 2 is 1.11 bits per heavy atom. The van der Waals surface area contributed by atoms with E-state index in [1.807, 2.05) is 0 Å². The number of nitrogens with one attached hydrogen (secondary N) is 6. The minimum Gasteiger partial charge on any atom is -0.349 e. The zero-order valence-electron chi connectivity index (χ0n) is 30.7. The van der Waals surface area contributed by atoms with Crippen LogP contribution < -0.4 is 31.9 Å². The maximum absolute atomic E-state index is 13.7. The summed E-state index contributed by atoms with van der Waals surface area (Å²) in [6, 6.07) is 7.67. The van der Waals surface area contributed by atoms with Crippen LogP contribution in [0.4, 0.5) is 0 Å². The fourth-order valence-electron chi connectivity index (χ4n) is 6.28. The molecule has 4 heterocycles. The highest BCUT2D eigenvalue weighted by Crippen LogP contribution is 2.20. The van der Waals surface area contributed by atoms with Crippen LogP contribution in [0.2, 0.25) is 0 Å². The van der Waals surface area contributed by atoms with Gasteiger partial charge >= 0.3 is 0 Å². The van der Waals surface area contributed by atoms with Crippen molar-refractivity contribution < 1.29 is 28.8 Å². The first-order chi connectivity index (χ1) is 26.2. The number of carbonyl (C=O) groups is 6. The zero-order valence-corrected chi connectivity index (χ0v) is 30.7. The maximum atomic E-state index is 13.7. The van der Waals surface area contributed by atoms with Crippen molar-refractivity contribution in [3.63, 3.8) is 0 Å². The lowest BCUT2D eigenvalue weighted by molar-refractivity contribution is -0.137. The van der Waals surface area contributed by atoms with Gasteiger partial charge in [0.05, 0.1) is 13.1 Å². The van der Waals surface area contributed by atoms with Crippen molar-refractivity contribution in [1.82, 2.24) is 51.7 Å². The predicted octanol–water partition coefficient (Wildman–Crippen LogP) is -1.19. The number of amides is 6. The molecule has 2 aromatic rings. The molecule has 16 nitrogen and oxygen atoms in total. The van der Waals surface area contributed by atoms with Crippen molar-refractivity contribution in [1.29, 1.82) is 0 Å². The summed E-state index contributed by atoms with van der Waals surface area (Å²) < 4.78 is 0. The number of likely N-dealkylation sites (tertiary alicyclic amines) is 2. The summed E-state index contributed by atoms with van der Waals surface area (Å²) in [5.41, 5.74) is 0.557. The minimum atomic E-state index is -0.951. The summed E-state index contributed by atoms with van der Waals surface area (Å²) in [5, 5.41) is 16.7. The molecule has 2 saturated heterocycles. The van der Waals surface area contributed by atoms with Gasteiger partial charge in [-0.1, -0.05) is 24.0 Å². The van der Waals surface area contributed by atoms with Crippen LogP contribution in [0.15, 0.2) is 48.8 Å². The number of likely N-dealkylation sites (N-methyl/N-ethyl adjacent to an activating group) is 2. The Morgan fingerprint density at radius 3 is 1.48 bits per heavy atom. The molecule has 16 heteroatoms. The number of aromatic nitrogens is 2. The number of pyridine rings is 2. The molecular weight excluding hydrogens is 692 g/mol. The van der Waals surface area contributed by atoms with Crippen LogP contribution >= 0.6 is 0 Å². The van der Waals surface area contributed by atoms with E-state index in [0.717, 1.165) is 12.8 Å². The van der Waals surface area contributed by atoms with Crippen LogP contribution in [0, 0.1) is 23.7 Å². The normalized spacial score (nSPS) is 17.1. The quantitative estimate of drug-likeness (QED) is 0.114. The second-order valence-electron chi connectivity index (χ2n) is 12.8. The summed E-state index contributed by atoms with van der Waals surface area (Å²) in [6.45, 7) is 1.42. The monoisotopic (exact) mass is 740 g/mol. The number of hydrogen-bond donors (Lipinski definition) is 6. The molecule has 54 heavy (non-hydrogen) atoms. The van der Waals surface area contributed by atoms with E-state index in [2.05, 4.69) is 65.6 Å². The molecule has 2 aromatic heterocycles. The fourth-order valence-corrected chi connectivity index (χ4v) is 6.28. The second-order valence-corrected chi connectivity index (χ2v) is 12.8. The van der Waals surface area contributed by atoms with Gasteiger partial charge in [0.25, 0.3) is 11.8 Å². The topological polar surface area (TPSA) is 207 Å². The highest BCUT2D eigenvalue weighted by atomic mass is 16.2. The Labute approximate surface area is 315 Å². The number of nitrogens with zero attached hydrogens (tertiary/aromatic N) is 4. The van der Waals surface area contributed by atoms with Gasteiger partial charge < -0.3 is 41.7 Å². The van der Waals surface area contributed by atoms with Gasteiger partial charge in [0.1, 0.15) is 23.5 Å². The first-order valence-corrected chi connectivity index (χ1v) is 18.0. The molecule has 6 N–H and O–H groups in total. The average molecular weight is 741 g/mol. The molecule has 0 unspecified atom stereocenters. The molecule has 0 aliphatic carbocycles. The van der Waals surface area contributed by atoms with Gasteiger partial charge in [-0.15, -0.1) is 0 Å². The van der Waals surface area contributed by atoms with Gasteiger partial charge in [0.2, 0.25) is 23.6 Å².